The zero-order valence-corrected chi connectivity index (χ0v) is 12.6. The van der Waals surface area contributed by atoms with Crippen LogP contribution in [0.1, 0.15) is 16.8 Å². The van der Waals surface area contributed by atoms with E-state index < -0.39 is 6.10 Å². The summed E-state index contributed by atoms with van der Waals surface area (Å²) < 4.78 is 6.65. The van der Waals surface area contributed by atoms with Gasteiger partial charge in [0.2, 0.25) is 0 Å². The van der Waals surface area contributed by atoms with Crippen molar-refractivity contribution >= 4 is 5.91 Å². The van der Waals surface area contributed by atoms with Crippen LogP contribution in [0.4, 0.5) is 0 Å². The Hall–Kier alpha value is -2.41. The van der Waals surface area contributed by atoms with Crippen LogP contribution in [0.25, 0.3) is 11.4 Å². The molecule has 3 rings (SSSR count). The molecular weight excluding hydrogens is 284 g/mol. The Bertz CT molecular complexity index is 698. The number of carbonyl (C=O) groups excluding carboxylic acids is 1. The second kappa shape index (κ2) is 5.76. The first-order chi connectivity index (χ1) is 10.6. The van der Waals surface area contributed by atoms with Gasteiger partial charge in [0.15, 0.2) is 5.82 Å². The lowest BCUT2D eigenvalue weighted by molar-refractivity contribution is 0.0765. The lowest BCUT2D eigenvalue weighted by Gasteiger charge is -2.15. The Morgan fingerprint density at radius 2 is 2.27 bits per heavy atom. The monoisotopic (exact) mass is 302 g/mol. The van der Waals surface area contributed by atoms with E-state index >= 15 is 0 Å². The maximum Gasteiger partial charge on any atom is 0.314 e. The molecule has 1 saturated heterocycles. The first kappa shape index (κ1) is 14.5. The number of rotatable bonds is 3. The van der Waals surface area contributed by atoms with E-state index in [1.165, 1.54) is 7.11 Å². The molecule has 2 aromatic rings. The molecule has 0 bridgehead atoms. The smallest absolute Gasteiger partial charge is 0.314 e. The highest BCUT2D eigenvalue weighted by Crippen LogP contribution is 2.21. The highest BCUT2D eigenvalue weighted by atomic mass is 16.5. The molecule has 1 atom stereocenters. The van der Waals surface area contributed by atoms with Crippen LogP contribution in [0.5, 0.6) is 6.01 Å². The highest BCUT2D eigenvalue weighted by molar-refractivity contribution is 5.95. The molecule has 0 aliphatic carbocycles. The Morgan fingerprint density at radius 1 is 1.45 bits per heavy atom. The van der Waals surface area contributed by atoms with E-state index in [9.17, 15) is 9.90 Å². The number of aromatic nitrogens is 3. The van der Waals surface area contributed by atoms with E-state index in [0.717, 1.165) is 5.56 Å². The number of methoxy groups -OCH3 is 1. The number of benzene rings is 1. The summed E-state index contributed by atoms with van der Waals surface area (Å²) in [5, 5.41) is 13.8. The Balaban J connectivity index is 1.87. The van der Waals surface area contributed by atoms with E-state index in [1.807, 2.05) is 6.07 Å². The molecular formula is C15H18N4O3. The van der Waals surface area contributed by atoms with Gasteiger partial charge in [0.25, 0.3) is 5.91 Å². The predicted molar refractivity (Wildman–Crippen MR) is 79.5 cm³/mol. The summed E-state index contributed by atoms with van der Waals surface area (Å²) >= 11 is 0. The Labute approximate surface area is 128 Å². The molecule has 1 aliphatic rings. The molecule has 22 heavy (non-hydrogen) atoms. The van der Waals surface area contributed by atoms with Crippen LogP contribution >= 0.6 is 0 Å². The number of ether oxygens (including phenoxy) is 1. The maximum atomic E-state index is 12.4. The number of hydrogen-bond donors (Lipinski definition) is 1. The number of carbonyl (C=O) groups is 1. The maximum absolute atomic E-state index is 12.4. The number of amides is 1. The van der Waals surface area contributed by atoms with E-state index in [2.05, 4.69) is 10.1 Å². The number of nitrogens with zero attached hydrogens (tertiary/aromatic N) is 4. The zero-order valence-electron chi connectivity index (χ0n) is 12.6. The molecule has 0 spiro atoms. The van der Waals surface area contributed by atoms with Crippen molar-refractivity contribution in [1.29, 1.82) is 0 Å². The third kappa shape index (κ3) is 2.67. The summed E-state index contributed by atoms with van der Waals surface area (Å²) in [6, 6.07) is 7.59. The van der Waals surface area contributed by atoms with Gasteiger partial charge in [0, 0.05) is 31.3 Å². The van der Waals surface area contributed by atoms with E-state index in [1.54, 1.807) is 34.8 Å². The van der Waals surface area contributed by atoms with Crippen LogP contribution in [0.2, 0.25) is 0 Å². The van der Waals surface area contributed by atoms with Crippen molar-refractivity contribution in [2.24, 2.45) is 7.05 Å². The van der Waals surface area contributed by atoms with Crippen LogP contribution in [-0.2, 0) is 7.05 Å². The topological polar surface area (TPSA) is 80.5 Å². The highest BCUT2D eigenvalue weighted by Gasteiger charge is 2.25. The van der Waals surface area contributed by atoms with Gasteiger partial charge in [-0.2, -0.15) is 4.98 Å². The summed E-state index contributed by atoms with van der Waals surface area (Å²) in [6.45, 7) is 0.971. The molecule has 0 saturated carbocycles. The molecule has 1 N–H and O–H groups in total. The number of aliphatic hydroxyl groups excluding tert-OH is 1. The standard InChI is InChI=1S/C15H18N4O3/c1-18-15(22-2)16-13(17-18)10-4-3-5-11(8-10)14(21)19-7-6-12(20)9-19/h3-5,8,12,20H,6-7,9H2,1-2H3. The van der Waals surface area contributed by atoms with Crippen LogP contribution in [-0.4, -0.2) is 57.0 Å². The predicted octanol–water partition coefficient (Wildman–Crippen LogP) is 0.697. The van der Waals surface area contributed by atoms with Crippen molar-refractivity contribution in [1.82, 2.24) is 19.7 Å². The molecule has 0 radical (unpaired) electrons. The fourth-order valence-corrected chi connectivity index (χ4v) is 2.57. The normalized spacial score (nSPS) is 17.8. The van der Waals surface area contributed by atoms with Gasteiger partial charge in [0.05, 0.1) is 13.2 Å². The van der Waals surface area contributed by atoms with E-state index in [4.69, 9.17) is 4.74 Å². The molecule has 1 aromatic heterocycles. The molecule has 7 nitrogen and oxygen atoms in total. The molecule has 2 heterocycles. The Kier molecular flexibility index (Phi) is 3.81. The molecule has 116 valence electrons. The third-order valence-electron chi connectivity index (χ3n) is 3.72. The van der Waals surface area contributed by atoms with Gasteiger partial charge in [-0.1, -0.05) is 12.1 Å². The van der Waals surface area contributed by atoms with Crippen LogP contribution in [0.15, 0.2) is 24.3 Å². The van der Waals surface area contributed by atoms with Crippen LogP contribution in [0.3, 0.4) is 0 Å². The van der Waals surface area contributed by atoms with Gasteiger partial charge in [0.1, 0.15) is 0 Å². The molecule has 7 heteroatoms. The fraction of sp³-hybridized carbons (Fsp3) is 0.400. The van der Waals surface area contributed by atoms with Gasteiger partial charge in [-0.3, -0.25) is 4.79 Å². The van der Waals surface area contributed by atoms with Gasteiger partial charge in [-0.15, -0.1) is 5.10 Å². The lowest BCUT2D eigenvalue weighted by Crippen LogP contribution is -2.29. The van der Waals surface area contributed by atoms with E-state index in [-0.39, 0.29) is 5.91 Å². The van der Waals surface area contributed by atoms with Crippen molar-refractivity contribution in [2.45, 2.75) is 12.5 Å². The van der Waals surface area contributed by atoms with Crippen molar-refractivity contribution in [2.75, 3.05) is 20.2 Å². The second-order valence-electron chi connectivity index (χ2n) is 5.32. The SMILES string of the molecule is COc1nc(-c2cccc(C(=O)N3CCC(O)C3)c2)nn1C. The minimum absolute atomic E-state index is 0.0821. The first-order valence-electron chi connectivity index (χ1n) is 7.11. The third-order valence-corrected chi connectivity index (χ3v) is 3.72. The minimum atomic E-state index is -0.422. The van der Waals surface area contributed by atoms with Crippen molar-refractivity contribution in [3.8, 4) is 17.4 Å². The second-order valence-corrected chi connectivity index (χ2v) is 5.32. The number of aryl methyl sites for hydroxylation is 1. The average Bonchev–Trinajstić information content (AvgIpc) is 3.12. The quantitative estimate of drug-likeness (QED) is 0.902. The van der Waals surface area contributed by atoms with Crippen LogP contribution < -0.4 is 4.74 Å². The molecule has 1 aliphatic heterocycles. The van der Waals surface area contributed by atoms with Gasteiger partial charge >= 0.3 is 6.01 Å². The summed E-state index contributed by atoms with van der Waals surface area (Å²) in [6.07, 6.45) is 0.207. The number of likely N-dealkylation sites (tertiary alicyclic amines) is 1. The largest absolute Gasteiger partial charge is 0.467 e. The minimum Gasteiger partial charge on any atom is -0.467 e. The van der Waals surface area contributed by atoms with Crippen LogP contribution in [0, 0.1) is 0 Å². The fourth-order valence-electron chi connectivity index (χ4n) is 2.57. The zero-order chi connectivity index (χ0) is 15.7. The number of β-amino-alcohol motifs (C(OH)–C–C–N with tert-alkyl or cyclic N) is 1. The molecule has 1 fully saturated rings. The Morgan fingerprint density at radius 3 is 2.91 bits per heavy atom. The molecule has 1 aromatic carbocycles. The number of aliphatic hydroxyl groups is 1. The number of hydrogen-bond acceptors (Lipinski definition) is 5. The van der Waals surface area contributed by atoms with Crippen molar-refractivity contribution in [3.05, 3.63) is 29.8 Å². The molecule has 1 unspecified atom stereocenters. The van der Waals surface area contributed by atoms with Gasteiger partial charge < -0.3 is 14.7 Å². The summed E-state index contributed by atoms with van der Waals surface area (Å²) in [5.74, 6) is 0.428. The summed E-state index contributed by atoms with van der Waals surface area (Å²) in [7, 11) is 3.28. The summed E-state index contributed by atoms with van der Waals surface area (Å²) in [4.78, 5) is 18.4. The van der Waals surface area contributed by atoms with E-state index in [0.29, 0.717) is 36.9 Å². The van der Waals surface area contributed by atoms with Gasteiger partial charge in [-0.25, -0.2) is 4.68 Å². The van der Waals surface area contributed by atoms with Gasteiger partial charge in [-0.05, 0) is 18.6 Å². The molecule has 1 amide bonds. The van der Waals surface area contributed by atoms with Crippen molar-refractivity contribution in [3.63, 3.8) is 0 Å². The summed E-state index contributed by atoms with van der Waals surface area (Å²) in [5.41, 5.74) is 1.32. The first-order valence-corrected chi connectivity index (χ1v) is 7.11. The van der Waals surface area contributed by atoms with Crippen molar-refractivity contribution < 1.29 is 14.6 Å². The average molecular weight is 302 g/mol. The lowest BCUT2D eigenvalue weighted by atomic mass is 10.1.